The summed E-state index contributed by atoms with van der Waals surface area (Å²) in [6.07, 6.45) is 0. The average Bonchev–Trinajstić information content (AvgIpc) is 2.46. The van der Waals surface area contributed by atoms with Crippen LogP contribution in [0.25, 0.3) is 0 Å². The Balaban J connectivity index is 1.94. The molecular formula is C17H20IN3O. The predicted octanol–water partition coefficient (Wildman–Crippen LogP) is 3.67. The molecule has 2 amide bonds. The van der Waals surface area contributed by atoms with Gasteiger partial charge in [0.05, 0.1) is 0 Å². The molecule has 0 aliphatic carbocycles. The molecule has 0 aromatic heterocycles. The van der Waals surface area contributed by atoms with Gasteiger partial charge in [-0.1, -0.05) is 30.3 Å². The number of hydrogen-bond donors (Lipinski definition) is 2. The van der Waals surface area contributed by atoms with Gasteiger partial charge >= 0.3 is 6.03 Å². The number of hydrogen-bond acceptors (Lipinski definition) is 2. The van der Waals surface area contributed by atoms with Crippen molar-refractivity contribution in [3.63, 3.8) is 0 Å². The molecular weight excluding hydrogens is 389 g/mol. The van der Waals surface area contributed by atoms with Crippen molar-refractivity contribution in [2.75, 3.05) is 19.4 Å². The van der Waals surface area contributed by atoms with E-state index in [1.54, 1.807) is 0 Å². The second-order valence-corrected chi connectivity index (χ2v) is 6.57. The Labute approximate surface area is 145 Å². The lowest BCUT2D eigenvalue weighted by Crippen LogP contribution is -2.28. The van der Waals surface area contributed by atoms with Crippen LogP contribution in [0.15, 0.2) is 48.5 Å². The fraction of sp³-hybridized carbons (Fsp3) is 0.235. The van der Waals surface area contributed by atoms with E-state index in [1.165, 1.54) is 5.56 Å². The van der Waals surface area contributed by atoms with Crippen molar-refractivity contribution in [3.05, 3.63) is 63.2 Å². The number of nitrogens with zero attached hydrogens (tertiary/aromatic N) is 1. The Kier molecular flexibility index (Phi) is 6.21. The lowest BCUT2D eigenvalue weighted by molar-refractivity contribution is 0.251. The summed E-state index contributed by atoms with van der Waals surface area (Å²) in [4.78, 5) is 14.1. The summed E-state index contributed by atoms with van der Waals surface area (Å²) in [5, 5.41) is 5.76. The molecule has 4 nitrogen and oxygen atoms in total. The zero-order chi connectivity index (χ0) is 15.9. The van der Waals surface area contributed by atoms with E-state index in [2.05, 4.69) is 44.2 Å². The highest BCUT2D eigenvalue weighted by molar-refractivity contribution is 14.1. The third kappa shape index (κ3) is 5.31. The monoisotopic (exact) mass is 409 g/mol. The standard InChI is InChI=1S/C17H20IN3O/c1-21(2)12-14-7-4-3-6-13(14)11-19-17(22)20-16-9-5-8-15(18)10-16/h3-10H,11-12H2,1-2H3,(H2,19,20,22). The summed E-state index contributed by atoms with van der Waals surface area (Å²) in [7, 11) is 4.07. The molecule has 0 atom stereocenters. The van der Waals surface area contributed by atoms with Crippen LogP contribution in [-0.4, -0.2) is 25.0 Å². The smallest absolute Gasteiger partial charge is 0.319 e. The molecule has 0 saturated carbocycles. The molecule has 0 saturated heterocycles. The minimum absolute atomic E-state index is 0.193. The Hall–Kier alpha value is -1.60. The number of rotatable bonds is 5. The van der Waals surface area contributed by atoms with Crippen LogP contribution in [0.2, 0.25) is 0 Å². The summed E-state index contributed by atoms with van der Waals surface area (Å²) in [6.45, 7) is 1.37. The molecule has 116 valence electrons. The largest absolute Gasteiger partial charge is 0.334 e. The van der Waals surface area contributed by atoms with Crippen molar-refractivity contribution in [1.29, 1.82) is 0 Å². The first-order chi connectivity index (χ1) is 10.5. The zero-order valence-corrected chi connectivity index (χ0v) is 14.9. The Morgan fingerprint density at radius 1 is 1.09 bits per heavy atom. The summed E-state index contributed by atoms with van der Waals surface area (Å²) < 4.78 is 1.09. The molecule has 2 N–H and O–H groups in total. The fourth-order valence-corrected chi connectivity index (χ4v) is 2.69. The van der Waals surface area contributed by atoms with Crippen molar-refractivity contribution in [3.8, 4) is 0 Å². The second-order valence-electron chi connectivity index (χ2n) is 5.32. The molecule has 0 fully saturated rings. The number of carbonyl (C=O) groups is 1. The lowest BCUT2D eigenvalue weighted by atomic mass is 10.1. The Morgan fingerprint density at radius 3 is 2.50 bits per heavy atom. The van der Waals surface area contributed by atoms with Gasteiger partial charge < -0.3 is 15.5 Å². The van der Waals surface area contributed by atoms with Crippen molar-refractivity contribution in [2.45, 2.75) is 13.1 Å². The van der Waals surface area contributed by atoms with Gasteiger partial charge in [-0.05, 0) is 66.0 Å². The number of carbonyl (C=O) groups excluding carboxylic acids is 1. The SMILES string of the molecule is CN(C)Cc1ccccc1CNC(=O)Nc1cccc(I)c1. The average molecular weight is 409 g/mol. The number of amides is 2. The van der Waals surface area contributed by atoms with Crippen LogP contribution in [0.3, 0.4) is 0 Å². The van der Waals surface area contributed by atoms with Crippen molar-refractivity contribution in [1.82, 2.24) is 10.2 Å². The molecule has 2 aromatic rings. The van der Waals surface area contributed by atoms with E-state index in [-0.39, 0.29) is 6.03 Å². The molecule has 0 heterocycles. The fourth-order valence-electron chi connectivity index (χ4n) is 2.14. The van der Waals surface area contributed by atoms with Crippen LogP contribution < -0.4 is 10.6 Å². The van der Waals surface area contributed by atoms with E-state index in [4.69, 9.17) is 0 Å². The first kappa shape index (κ1) is 16.8. The molecule has 5 heteroatoms. The number of nitrogens with one attached hydrogen (secondary N) is 2. The van der Waals surface area contributed by atoms with E-state index < -0.39 is 0 Å². The predicted molar refractivity (Wildman–Crippen MR) is 98.9 cm³/mol. The van der Waals surface area contributed by atoms with Crippen LogP contribution in [0.4, 0.5) is 10.5 Å². The maximum absolute atomic E-state index is 12.0. The number of anilines is 1. The summed E-state index contributed by atoms with van der Waals surface area (Å²) in [5.41, 5.74) is 3.15. The molecule has 0 unspecified atom stereocenters. The summed E-state index contributed by atoms with van der Waals surface area (Å²) >= 11 is 2.22. The normalized spacial score (nSPS) is 10.5. The van der Waals surface area contributed by atoms with Gasteiger partial charge in [-0.2, -0.15) is 0 Å². The third-order valence-corrected chi connectivity index (χ3v) is 3.80. The van der Waals surface area contributed by atoms with E-state index in [0.29, 0.717) is 6.54 Å². The van der Waals surface area contributed by atoms with Gasteiger partial charge in [-0.25, -0.2) is 4.79 Å². The van der Waals surface area contributed by atoms with Gasteiger partial charge in [0.2, 0.25) is 0 Å². The maximum atomic E-state index is 12.0. The molecule has 0 bridgehead atoms. The van der Waals surface area contributed by atoms with Gasteiger partial charge in [0.1, 0.15) is 0 Å². The van der Waals surface area contributed by atoms with Crippen LogP contribution in [0.1, 0.15) is 11.1 Å². The van der Waals surface area contributed by atoms with Gasteiger partial charge in [0.25, 0.3) is 0 Å². The second kappa shape index (κ2) is 8.14. The van der Waals surface area contributed by atoms with Gasteiger partial charge in [0, 0.05) is 22.3 Å². The topological polar surface area (TPSA) is 44.4 Å². The van der Waals surface area contributed by atoms with Gasteiger partial charge in [-0.15, -0.1) is 0 Å². The Bertz CT molecular complexity index is 643. The molecule has 0 spiro atoms. The van der Waals surface area contributed by atoms with Crippen LogP contribution in [-0.2, 0) is 13.1 Å². The molecule has 0 radical (unpaired) electrons. The van der Waals surface area contributed by atoms with Crippen LogP contribution in [0.5, 0.6) is 0 Å². The zero-order valence-electron chi connectivity index (χ0n) is 12.8. The van der Waals surface area contributed by atoms with Crippen molar-refractivity contribution < 1.29 is 4.79 Å². The first-order valence-electron chi connectivity index (χ1n) is 7.06. The molecule has 2 rings (SSSR count). The Morgan fingerprint density at radius 2 is 1.82 bits per heavy atom. The van der Waals surface area contributed by atoms with E-state index in [1.807, 2.05) is 56.6 Å². The number of benzene rings is 2. The highest BCUT2D eigenvalue weighted by Crippen LogP contribution is 2.13. The van der Waals surface area contributed by atoms with Gasteiger partial charge in [0.15, 0.2) is 0 Å². The lowest BCUT2D eigenvalue weighted by Gasteiger charge is -2.15. The quantitative estimate of drug-likeness (QED) is 0.741. The van der Waals surface area contributed by atoms with Crippen molar-refractivity contribution >= 4 is 34.3 Å². The van der Waals surface area contributed by atoms with Crippen molar-refractivity contribution in [2.24, 2.45) is 0 Å². The van der Waals surface area contributed by atoms with Crippen LogP contribution >= 0.6 is 22.6 Å². The molecule has 2 aromatic carbocycles. The number of urea groups is 1. The molecule has 0 aliphatic rings. The molecule has 0 aliphatic heterocycles. The maximum Gasteiger partial charge on any atom is 0.319 e. The van der Waals surface area contributed by atoms with E-state index in [9.17, 15) is 4.79 Å². The summed E-state index contributed by atoms with van der Waals surface area (Å²) in [5.74, 6) is 0. The minimum atomic E-state index is -0.193. The first-order valence-corrected chi connectivity index (χ1v) is 8.14. The summed E-state index contributed by atoms with van der Waals surface area (Å²) in [6, 6.07) is 15.7. The number of halogens is 1. The third-order valence-electron chi connectivity index (χ3n) is 3.13. The highest BCUT2D eigenvalue weighted by atomic mass is 127. The highest BCUT2D eigenvalue weighted by Gasteiger charge is 2.06. The van der Waals surface area contributed by atoms with Gasteiger partial charge in [-0.3, -0.25) is 0 Å². The van der Waals surface area contributed by atoms with E-state index in [0.717, 1.165) is 21.4 Å². The minimum Gasteiger partial charge on any atom is -0.334 e. The van der Waals surface area contributed by atoms with E-state index >= 15 is 0 Å². The van der Waals surface area contributed by atoms with Crippen LogP contribution in [0, 0.1) is 3.57 Å². The molecule has 22 heavy (non-hydrogen) atoms.